The fraction of sp³-hybridized carbons (Fsp3) is 0.438. The topological polar surface area (TPSA) is 36.1 Å². The van der Waals surface area contributed by atoms with Crippen LogP contribution < -0.4 is 0 Å². The second-order valence-electron chi connectivity index (χ2n) is 5.34. The van der Waals surface area contributed by atoms with Crippen molar-refractivity contribution >= 4 is 16.8 Å². The van der Waals surface area contributed by atoms with E-state index in [0.717, 1.165) is 38.8 Å². The molecule has 3 nitrogen and oxygen atoms in total. The van der Waals surface area contributed by atoms with Crippen LogP contribution in [0.25, 0.3) is 10.9 Å². The lowest BCUT2D eigenvalue weighted by atomic mass is 10.0. The normalized spacial score (nSPS) is 16.6. The van der Waals surface area contributed by atoms with Crippen LogP contribution in [-0.2, 0) is 17.6 Å². The highest BCUT2D eigenvalue weighted by Gasteiger charge is 2.16. The van der Waals surface area contributed by atoms with Crippen LogP contribution in [0.1, 0.15) is 31.0 Å². The molecule has 0 fully saturated rings. The number of benzene rings is 1. The Hall–Kier alpha value is -1.77. The van der Waals surface area contributed by atoms with Gasteiger partial charge in [-0.2, -0.15) is 0 Å². The van der Waals surface area contributed by atoms with Gasteiger partial charge >= 0.3 is 0 Å². The fourth-order valence-corrected chi connectivity index (χ4v) is 3.03. The lowest BCUT2D eigenvalue weighted by molar-refractivity contribution is -0.128. The molecule has 2 heterocycles. The van der Waals surface area contributed by atoms with Crippen molar-refractivity contribution in [2.75, 3.05) is 13.1 Å². The zero-order valence-electron chi connectivity index (χ0n) is 11.4. The molecule has 1 aromatic carbocycles. The molecule has 0 bridgehead atoms. The van der Waals surface area contributed by atoms with Gasteiger partial charge in [0.05, 0.1) is 0 Å². The predicted molar refractivity (Wildman–Crippen MR) is 77.2 cm³/mol. The van der Waals surface area contributed by atoms with E-state index >= 15 is 0 Å². The molecule has 3 rings (SSSR count). The number of carbonyl (C=O) groups excluding carboxylic acids is 1. The molecule has 1 amide bonds. The Morgan fingerprint density at radius 1 is 1.16 bits per heavy atom. The second-order valence-corrected chi connectivity index (χ2v) is 5.34. The van der Waals surface area contributed by atoms with Crippen molar-refractivity contribution in [3.63, 3.8) is 0 Å². The Labute approximate surface area is 113 Å². The van der Waals surface area contributed by atoms with Crippen molar-refractivity contribution in [2.24, 2.45) is 0 Å². The Bertz CT molecular complexity index is 600. The Morgan fingerprint density at radius 3 is 2.84 bits per heavy atom. The van der Waals surface area contributed by atoms with E-state index in [1.165, 1.54) is 22.2 Å². The van der Waals surface area contributed by atoms with E-state index in [2.05, 4.69) is 29.2 Å². The number of hydrogen-bond acceptors (Lipinski definition) is 1. The number of aromatic nitrogens is 1. The number of fused-ring (bicyclic) bond motifs is 3. The highest BCUT2D eigenvalue weighted by atomic mass is 16.2. The fourth-order valence-electron chi connectivity index (χ4n) is 3.03. The smallest absolute Gasteiger partial charge is 0.219 e. The molecule has 100 valence electrons. The van der Waals surface area contributed by atoms with Gasteiger partial charge < -0.3 is 9.88 Å². The summed E-state index contributed by atoms with van der Waals surface area (Å²) in [6, 6.07) is 8.48. The van der Waals surface area contributed by atoms with Crippen molar-refractivity contribution in [3.8, 4) is 0 Å². The molecule has 0 unspecified atom stereocenters. The van der Waals surface area contributed by atoms with Crippen LogP contribution in [0, 0.1) is 0 Å². The molecule has 2 aromatic rings. The lowest BCUT2D eigenvalue weighted by Gasteiger charge is -2.19. The first kappa shape index (κ1) is 12.3. The van der Waals surface area contributed by atoms with Crippen molar-refractivity contribution in [3.05, 3.63) is 35.5 Å². The summed E-state index contributed by atoms with van der Waals surface area (Å²) < 4.78 is 0. The summed E-state index contributed by atoms with van der Waals surface area (Å²) in [4.78, 5) is 17.1. The van der Waals surface area contributed by atoms with Gasteiger partial charge in [-0.15, -0.1) is 0 Å². The number of carbonyl (C=O) groups is 1. The first-order valence-electron chi connectivity index (χ1n) is 7.09. The average molecular weight is 256 g/mol. The van der Waals surface area contributed by atoms with Crippen LogP contribution in [0.15, 0.2) is 24.3 Å². The van der Waals surface area contributed by atoms with Crippen molar-refractivity contribution < 1.29 is 4.79 Å². The lowest BCUT2D eigenvalue weighted by Crippen LogP contribution is -2.31. The van der Waals surface area contributed by atoms with Crippen LogP contribution in [0.2, 0.25) is 0 Å². The van der Waals surface area contributed by atoms with Crippen LogP contribution in [0.4, 0.5) is 0 Å². The van der Waals surface area contributed by atoms with Gasteiger partial charge in [0.2, 0.25) is 5.91 Å². The predicted octanol–water partition coefficient (Wildman–Crippen LogP) is 2.90. The van der Waals surface area contributed by atoms with Gasteiger partial charge in [-0.05, 0) is 37.3 Å². The number of amides is 1. The summed E-state index contributed by atoms with van der Waals surface area (Å²) in [6.07, 6.45) is 4.28. The number of rotatable bonds is 0. The van der Waals surface area contributed by atoms with Gasteiger partial charge in [-0.3, -0.25) is 4.79 Å². The SMILES string of the molecule is CC(=O)N1CCCCc2[nH]c3ccccc3c2CC1. The third-order valence-electron chi connectivity index (χ3n) is 4.08. The quantitative estimate of drug-likeness (QED) is 0.773. The minimum absolute atomic E-state index is 0.197. The summed E-state index contributed by atoms with van der Waals surface area (Å²) in [5.41, 5.74) is 4.00. The second kappa shape index (κ2) is 5.08. The van der Waals surface area contributed by atoms with E-state index < -0.39 is 0 Å². The molecule has 1 aromatic heterocycles. The van der Waals surface area contributed by atoms with E-state index in [1.807, 2.05) is 4.90 Å². The molecular weight excluding hydrogens is 236 g/mol. The third-order valence-corrected chi connectivity index (χ3v) is 4.08. The molecule has 0 saturated carbocycles. The van der Waals surface area contributed by atoms with Gasteiger partial charge in [0.25, 0.3) is 0 Å². The molecule has 0 spiro atoms. The zero-order valence-corrected chi connectivity index (χ0v) is 11.4. The van der Waals surface area contributed by atoms with E-state index in [0.29, 0.717) is 0 Å². The monoisotopic (exact) mass is 256 g/mol. The molecule has 1 N–H and O–H groups in total. The molecule has 1 aliphatic heterocycles. The average Bonchev–Trinajstić information content (AvgIpc) is 2.78. The maximum atomic E-state index is 11.6. The molecule has 19 heavy (non-hydrogen) atoms. The number of nitrogens with one attached hydrogen (secondary N) is 1. The number of aryl methyl sites for hydroxylation is 1. The molecule has 0 aliphatic carbocycles. The molecular formula is C16H20N2O. The Kier molecular flexibility index (Phi) is 3.28. The van der Waals surface area contributed by atoms with Gasteiger partial charge in [0.1, 0.15) is 0 Å². The summed E-state index contributed by atoms with van der Waals surface area (Å²) in [5, 5.41) is 1.32. The summed E-state index contributed by atoms with van der Waals surface area (Å²) in [5.74, 6) is 0.197. The molecule has 0 atom stereocenters. The van der Waals surface area contributed by atoms with Crippen LogP contribution >= 0.6 is 0 Å². The zero-order chi connectivity index (χ0) is 13.2. The molecule has 0 saturated heterocycles. The van der Waals surface area contributed by atoms with Gasteiger partial charge in [0.15, 0.2) is 0 Å². The third kappa shape index (κ3) is 2.37. The van der Waals surface area contributed by atoms with Crippen molar-refractivity contribution in [2.45, 2.75) is 32.6 Å². The minimum Gasteiger partial charge on any atom is -0.358 e. The van der Waals surface area contributed by atoms with Crippen LogP contribution in [0.3, 0.4) is 0 Å². The summed E-state index contributed by atoms with van der Waals surface area (Å²) in [7, 11) is 0. The highest BCUT2D eigenvalue weighted by Crippen LogP contribution is 2.25. The van der Waals surface area contributed by atoms with Gasteiger partial charge in [-0.1, -0.05) is 18.2 Å². The maximum Gasteiger partial charge on any atom is 0.219 e. The number of hydrogen-bond donors (Lipinski definition) is 1. The molecule has 0 radical (unpaired) electrons. The number of aromatic amines is 1. The van der Waals surface area contributed by atoms with Crippen LogP contribution in [0.5, 0.6) is 0 Å². The van der Waals surface area contributed by atoms with E-state index in [1.54, 1.807) is 6.92 Å². The largest absolute Gasteiger partial charge is 0.358 e. The van der Waals surface area contributed by atoms with Gasteiger partial charge in [-0.25, -0.2) is 0 Å². The number of nitrogens with zero attached hydrogens (tertiary/aromatic N) is 1. The van der Waals surface area contributed by atoms with Gasteiger partial charge in [0, 0.05) is 36.6 Å². The molecule has 1 aliphatic rings. The van der Waals surface area contributed by atoms with E-state index in [4.69, 9.17) is 0 Å². The minimum atomic E-state index is 0.197. The van der Waals surface area contributed by atoms with Crippen LogP contribution in [-0.4, -0.2) is 28.9 Å². The molecule has 3 heteroatoms. The van der Waals surface area contributed by atoms with E-state index in [-0.39, 0.29) is 5.91 Å². The van der Waals surface area contributed by atoms with Crippen molar-refractivity contribution in [1.29, 1.82) is 0 Å². The van der Waals surface area contributed by atoms with E-state index in [9.17, 15) is 4.79 Å². The Morgan fingerprint density at radius 2 is 2.00 bits per heavy atom. The standard InChI is InChI=1S/C16H20N2O/c1-12(19)18-10-5-4-8-16-14(9-11-18)13-6-2-3-7-15(13)17-16/h2-3,6-7,17H,4-5,8-11H2,1H3. The number of H-pyrrole nitrogens is 1. The maximum absolute atomic E-state index is 11.6. The number of para-hydroxylation sites is 1. The Balaban J connectivity index is 1.97. The first-order valence-corrected chi connectivity index (χ1v) is 7.09. The highest BCUT2D eigenvalue weighted by molar-refractivity contribution is 5.84. The summed E-state index contributed by atoms with van der Waals surface area (Å²) in [6.45, 7) is 3.41. The first-order chi connectivity index (χ1) is 9.25. The van der Waals surface area contributed by atoms with Crippen molar-refractivity contribution in [1.82, 2.24) is 9.88 Å². The summed E-state index contributed by atoms with van der Waals surface area (Å²) >= 11 is 0.